The van der Waals surface area contributed by atoms with Crippen LogP contribution in [0.25, 0.3) is 0 Å². The molecule has 170 valence electrons. The summed E-state index contributed by atoms with van der Waals surface area (Å²) in [6.45, 7) is 7.10. The van der Waals surface area contributed by atoms with Crippen molar-refractivity contribution in [1.29, 1.82) is 0 Å². The molecule has 1 fully saturated rings. The summed E-state index contributed by atoms with van der Waals surface area (Å²) in [5.74, 6) is 0.0314. The van der Waals surface area contributed by atoms with Crippen molar-refractivity contribution in [3.05, 3.63) is 59.7 Å². The maximum absolute atomic E-state index is 13.0. The topological polar surface area (TPSA) is 90.5 Å². The number of anilines is 2. The van der Waals surface area contributed by atoms with Crippen LogP contribution in [-0.4, -0.2) is 30.4 Å². The SMILES string of the molecule is Cc1ccc(CNC(=O)NC(CC(C)C)C(=O)Nc2cccc(N3CCCC3=O)c2)cc1. The van der Waals surface area contributed by atoms with Crippen LogP contribution in [0.1, 0.15) is 44.2 Å². The van der Waals surface area contributed by atoms with Gasteiger partial charge in [-0.1, -0.05) is 49.7 Å². The minimum absolute atomic E-state index is 0.0954. The Morgan fingerprint density at radius 2 is 1.84 bits per heavy atom. The van der Waals surface area contributed by atoms with Gasteiger partial charge in [0.05, 0.1) is 0 Å². The zero-order chi connectivity index (χ0) is 23.1. The lowest BCUT2D eigenvalue weighted by Gasteiger charge is -2.21. The minimum atomic E-state index is -0.676. The van der Waals surface area contributed by atoms with E-state index in [0.717, 1.165) is 23.2 Å². The second-order valence-electron chi connectivity index (χ2n) is 8.68. The molecule has 0 saturated carbocycles. The molecular formula is C25H32N4O3. The number of nitrogens with one attached hydrogen (secondary N) is 3. The summed E-state index contributed by atoms with van der Waals surface area (Å²) < 4.78 is 0. The van der Waals surface area contributed by atoms with Crippen molar-refractivity contribution in [1.82, 2.24) is 10.6 Å². The van der Waals surface area contributed by atoms with Gasteiger partial charge in [0, 0.05) is 30.9 Å². The lowest BCUT2D eigenvalue weighted by atomic mass is 10.0. The molecule has 1 atom stereocenters. The van der Waals surface area contributed by atoms with Gasteiger partial charge in [0.25, 0.3) is 0 Å². The van der Waals surface area contributed by atoms with Gasteiger partial charge in [-0.05, 0) is 49.4 Å². The van der Waals surface area contributed by atoms with Crippen LogP contribution in [0.15, 0.2) is 48.5 Å². The van der Waals surface area contributed by atoms with Gasteiger partial charge in [-0.15, -0.1) is 0 Å². The molecule has 1 heterocycles. The van der Waals surface area contributed by atoms with Crippen molar-refractivity contribution in [3.63, 3.8) is 0 Å². The van der Waals surface area contributed by atoms with Crippen LogP contribution < -0.4 is 20.9 Å². The Morgan fingerprint density at radius 3 is 2.50 bits per heavy atom. The molecule has 3 rings (SSSR count). The highest BCUT2D eigenvalue weighted by Gasteiger charge is 2.24. The molecule has 32 heavy (non-hydrogen) atoms. The number of carbonyl (C=O) groups excluding carboxylic acids is 3. The Bertz CT molecular complexity index is 956. The third-order valence-electron chi connectivity index (χ3n) is 5.40. The fourth-order valence-electron chi connectivity index (χ4n) is 3.70. The molecule has 7 nitrogen and oxygen atoms in total. The summed E-state index contributed by atoms with van der Waals surface area (Å²) in [7, 11) is 0. The van der Waals surface area contributed by atoms with E-state index in [0.29, 0.717) is 31.6 Å². The van der Waals surface area contributed by atoms with E-state index in [1.54, 1.807) is 17.0 Å². The second-order valence-corrected chi connectivity index (χ2v) is 8.68. The van der Waals surface area contributed by atoms with Crippen molar-refractivity contribution in [2.75, 3.05) is 16.8 Å². The molecule has 1 saturated heterocycles. The van der Waals surface area contributed by atoms with Crippen LogP contribution in [0.2, 0.25) is 0 Å². The number of carbonyl (C=O) groups is 3. The molecule has 7 heteroatoms. The number of amides is 4. The van der Waals surface area contributed by atoms with Crippen LogP contribution in [-0.2, 0) is 16.1 Å². The lowest BCUT2D eigenvalue weighted by Crippen LogP contribution is -2.48. The zero-order valence-electron chi connectivity index (χ0n) is 19.0. The highest BCUT2D eigenvalue weighted by atomic mass is 16.2. The van der Waals surface area contributed by atoms with Crippen LogP contribution in [0.4, 0.5) is 16.2 Å². The number of nitrogens with zero attached hydrogens (tertiary/aromatic N) is 1. The summed E-state index contributed by atoms with van der Waals surface area (Å²) in [4.78, 5) is 39.2. The predicted octanol–water partition coefficient (Wildman–Crippen LogP) is 3.97. The number of benzene rings is 2. The highest BCUT2D eigenvalue weighted by Crippen LogP contribution is 2.24. The van der Waals surface area contributed by atoms with Crippen molar-refractivity contribution in [2.45, 2.75) is 52.6 Å². The first-order chi connectivity index (χ1) is 15.3. The standard InChI is InChI=1S/C25H32N4O3/c1-17(2)14-22(28-25(32)26-16-19-11-9-18(3)10-12-19)24(31)27-20-6-4-7-21(15-20)29-13-5-8-23(29)30/h4,6-7,9-12,15,17,22H,5,8,13-14,16H2,1-3H3,(H,27,31)(H2,26,28,32). The molecule has 1 aliphatic rings. The number of hydrogen-bond acceptors (Lipinski definition) is 3. The largest absolute Gasteiger partial charge is 0.334 e. The second kappa shape index (κ2) is 10.8. The molecule has 4 amide bonds. The first-order valence-electron chi connectivity index (χ1n) is 11.1. The first-order valence-corrected chi connectivity index (χ1v) is 11.1. The molecule has 1 unspecified atom stereocenters. The summed E-state index contributed by atoms with van der Waals surface area (Å²) in [6.07, 6.45) is 1.90. The molecule has 0 radical (unpaired) electrons. The Kier molecular flexibility index (Phi) is 7.87. The zero-order valence-corrected chi connectivity index (χ0v) is 19.0. The number of aryl methyl sites for hydroxylation is 1. The number of hydrogen-bond donors (Lipinski definition) is 3. The number of urea groups is 1. The Labute approximate surface area is 189 Å². The van der Waals surface area contributed by atoms with Crippen molar-refractivity contribution >= 4 is 29.2 Å². The van der Waals surface area contributed by atoms with Gasteiger partial charge >= 0.3 is 6.03 Å². The fourth-order valence-corrected chi connectivity index (χ4v) is 3.70. The first kappa shape index (κ1) is 23.3. The van der Waals surface area contributed by atoms with E-state index in [9.17, 15) is 14.4 Å². The lowest BCUT2D eigenvalue weighted by molar-refractivity contribution is -0.118. The minimum Gasteiger partial charge on any atom is -0.334 e. The van der Waals surface area contributed by atoms with E-state index >= 15 is 0 Å². The van der Waals surface area contributed by atoms with E-state index in [1.165, 1.54) is 0 Å². The molecule has 3 N–H and O–H groups in total. The van der Waals surface area contributed by atoms with E-state index in [2.05, 4.69) is 16.0 Å². The van der Waals surface area contributed by atoms with Crippen LogP contribution >= 0.6 is 0 Å². The van der Waals surface area contributed by atoms with E-state index in [-0.39, 0.29) is 23.8 Å². The summed E-state index contributed by atoms with van der Waals surface area (Å²) in [5.41, 5.74) is 3.52. The van der Waals surface area contributed by atoms with Gasteiger partial charge in [-0.3, -0.25) is 9.59 Å². The van der Waals surface area contributed by atoms with Crippen molar-refractivity contribution in [2.24, 2.45) is 5.92 Å². The summed E-state index contributed by atoms with van der Waals surface area (Å²) >= 11 is 0. The van der Waals surface area contributed by atoms with E-state index < -0.39 is 6.04 Å². The smallest absolute Gasteiger partial charge is 0.315 e. The third-order valence-corrected chi connectivity index (χ3v) is 5.40. The average Bonchev–Trinajstić information content (AvgIpc) is 3.18. The van der Waals surface area contributed by atoms with Gasteiger partial charge in [0.2, 0.25) is 11.8 Å². The molecule has 1 aliphatic heterocycles. The Morgan fingerprint density at radius 1 is 1.09 bits per heavy atom. The van der Waals surface area contributed by atoms with Gasteiger partial charge in [0.1, 0.15) is 6.04 Å². The predicted molar refractivity (Wildman–Crippen MR) is 126 cm³/mol. The average molecular weight is 437 g/mol. The number of rotatable bonds is 8. The van der Waals surface area contributed by atoms with E-state index in [1.807, 2.05) is 57.2 Å². The van der Waals surface area contributed by atoms with Crippen LogP contribution in [0, 0.1) is 12.8 Å². The molecule has 0 spiro atoms. The van der Waals surface area contributed by atoms with Gasteiger partial charge in [-0.25, -0.2) is 4.79 Å². The van der Waals surface area contributed by atoms with E-state index in [4.69, 9.17) is 0 Å². The maximum Gasteiger partial charge on any atom is 0.315 e. The summed E-state index contributed by atoms with van der Waals surface area (Å²) in [6, 6.07) is 14.1. The third kappa shape index (κ3) is 6.57. The Hall–Kier alpha value is -3.35. The molecule has 2 aromatic rings. The Balaban J connectivity index is 1.61. The molecular weight excluding hydrogens is 404 g/mol. The molecule has 0 aromatic heterocycles. The monoisotopic (exact) mass is 436 g/mol. The molecule has 0 aliphatic carbocycles. The van der Waals surface area contributed by atoms with Crippen LogP contribution in [0.3, 0.4) is 0 Å². The van der Waals surface area contributed by atoms with Gasteiger partial charge in [0.15, 0.2) is 0 Å². The normalized spacial score (nSPS) is 14.4. The van der Waals surface area contributed by atoms with Gasteiger partial charge in [-0.2, -0.15) is 0 Å². The molecule has 2 aromatic carbocycles. The van der Waals surface area contributed by atoms with Gasteiger partial charge < -0.3 is 20.9 Å². The van der Waals surface area contributed by atoms with Crippen molar-refractivity contribution < 1.29 is 14.4 Å². The van der Waals surface area contributed by atoms with Crippen molar-refractivity contribution in [3.8, 4) is 0 Å². The highest BCUT2D eigenvalue weighted by molar-refractivity contribution is 5.99. The molecule has 0 bridgehead atoms. The van der Waals surface area contributed by atoms with Crippen LogP contribution in [0.5, 0.6) is 0 Å². The summed E-state index contributed by atoms with van der Waals surface area (Å²) in [5, 5.41) is 8.51. The quantitative estimate of drug-likeness (QED) is 0.585. The maximum atomic E-state index is 13.0. The fraction of sp³-hybridized carbons (Fsp3) is 0.400.